The highest BCUT2D eigenvalue weighted by Gasteiger charge is 2.47. The molecule has 148 valence electrons. The molecule has 4 heteroatoms. The summed E-state index contributed by atoms with van der Waals surface area (Å²) in [4.78, 5) is 0. The van der Waals surface area contributed by atoms with E-state index in [1.54, 1.807) is 11.3 Å². The molecule has 1 aromatic heterocycles. The molecule has 1 rings (SSSR count). The molecule has 0 spiro atoms. The van der Waals surface area contributed by atoms with Crippen LogP contribution in [-0.2, 0) is 0 Å². The van der Waals surface area contributed by atoms with E-state index < -0.39 is 8.07 Å². The summed E-state index contributed by atoms with van der Waals surface area (Å²) in [6, 6.07) is 2.52. The van der Waals surface area contributed by atoms with Crippen LogP contribution in [0.2, 0.25) is 16.6 Å². The van der Waals surface area contributed by atoms with Crippen molar-refractivity contribution < 1.29 is 4.74 Å². The van der Waals surface area contributed by atoms with Gasteiger partial charge in [-0.15, -0.1) is 11.3 Å². The summed E-state index contributed by atoms with van der Waals surface area (Å²) in [7, 11) is -1.82. The molecule has 0 N–H and O–H groups in total. The predicted octanol–water partition coefficient (Wildman–Crippen LogP) is 7.10. The SMILES string of the molecule is CCCCC(CC)COc1csc([Si](C(C)C)(C(C)C)C(C)C)c1C#N. The van der Waals surface area contributed by atoms with Gasteiger partial charge in [0.25, 0.3) is 0 Å². The first-order valence-corrected chi connectivity index (χ1v) is 13.5. The minimum Gasteiger partial charge on any atom is -0.491 e. The van der Waals surface area contributed by atoms with Gasteiger partial charge in [0.1, 0.15) is 25.5 Å². The average Bonchev–Trinajstić information content (AvgIpc) is 2.97. The van der Waals surface area contributed by atoms with Crippen LogP contribution in [0.15, 0.2) is 5.38 Å². The van der Waals surface area contributed by atoms with Crippen molar-refractivity contribution >= 4 is 23.9 Å². The van der Waals surface area contributed by atoms with Gasteiger partial charge in [-0.05, 0) is 29.0 Å². The second kappa shape index (κ2) is 10.5. The van der Waals surface area contributed by atoms with Gasteiger partial charge in [0.05, 0.1) is 6.61 Å². The zero-order valence-electron chi connectivity index (χ0n) is 18.2. The number of unbranched alkanes of at least 4 members (excludes halogenated alkanes) is 1. The van der Waals surface area contributed by atoms with Gasteiger partial charge in [0.2, 0.25) is 0 Å². The van der Waals surface area contributed by atoms with E-state index >= 15 is 0 Å². The number of ether oxygens (including phenoxy) is 1. The predicted molar refractivity (Wildman–Crippen MR) is 119 cm³/mol. The fraction of sp³-hybridized carbons (Fsp3) is 0.773. The number of rotatable bonds is 11. The van der Waals surface area contributed by atoms with Gasteiger partial charge < -0.3 is 4.74 Å². The molecule has 0 saturated carbocycles. The fourth-order valence-electron chi connectivity index (χ4n) is 4.77. The van der Waals surface area contributed by atoms with Crippen molar-refractivity contribution in [3.8, 4) is 11.8 Å². The Balaban J connectivity index is 3.19. The maximum Gasteiger partial charge on any atom is 0.147 e. The molecule has 0 amide bonds. The summed E-state index contributed by atoms with van der Waals surface area (Å²) in [5.41, 5.74) is 2.65. The van der Waals surface area contributed by atoms with E-state index in [1.807, 2.05) is 0 Å². The van der Waals surface area contributed by atoms with Crippen molar-refractivity contribution in [3.05, 3.63) is 10.9 Å². The number of hydrogen-bond acceptors (Lipinski definition) is 3. The van der Waals surface area contributed by atoms with Crippen LogP contribution in [0.1, 0.15) is 86.6 Å². The molecule has 1 atom stereocenters. The van der Waals surface area contributed by atoms with Gasteiger partial charge in [-0.3, -0.25) is 0 Å². The molecule has 0 fully saturated rings. The van der Waals surface area contributed by atoms with Crippen LogP contribution >= 0.6 is 11.3 Å². The Morgan fingerprint density at radius 3 is 2.08 bits per heavy atom. The third-order valence-electron chi connectivity index (χ3n) is 6.15. The van der Waals surface area contributed by atoms with Crippen LogP contribution in [-0.4, -0.2) is 14.7 Å². The molecule has 1 aromatic rings. The number of thiophene rings is 1. The molecular formula is C22H39NOSSi. The summed E-state index contributed by atoms with van der Waals surface area (Å²) in [6.45, 7) is 19.3. The summed E-state index contributed by atoms with van der Waals surface area (Å²) in [5, 5.41) is 12.1. The van der Waals surface area contributed by atoms with Crippen molar-refractivity contribution in [3.63, 3.8) is 0 Å². The Labute approximate surface area is 167 Å². The summed E-state index contributed by atoms with van der Waals surface area (Å²) < 4.78 is 7.56. The maximum atomic E-state index is 9.96. The van der Waals surface area contributed by atoms with E-state index in [0.717, 1.165) is 24.3 Å². The van der Waals surface area contributed by atoms with E-state index in [4.69, 9.17) is 4.74 Å². The molecule has 2 nitrogen and oxygen atoms in total. The molecule has 1 unspecified atom stereocenters. The van der Waals surface area contributed by atoms with E-state index in [1.165, 1.54) is 23.8 Å². The van der Waals surface area contributed by atoms with E-state index in [-0.39, 0.29) is 0 Å². The van der Waals surface area contributed by atoms with E-state index in [0.29, 0.717) is 22.5 Å². The average molecular weight is 394 g/mol. The van der Waals surface area contributed by atoms with Gasteiger partial charge in [-0.2, -0.15) is 5.26 Å². The van der Waals surface area contributed by atoms with Crippen LogP contribution in [0.4, 0.5) is 0 Å². The second-order valence-electron chi connectivity index (χ2n) is 8.54. The first-order valence-electron chi connectivity index (χ1n) is 10.4. The molecular weight excluding hydrogens is 354 g/mol. The lowest BCUT2D eigenvalue weighted by molar-refractivity contribution is 0.233. The highest BCUT2D eigenvalue weighted by Crippen LogP contribution is 2.44. The minimum atomic E-state index is -1.82. The second-order valence-corrected chi connectivity index (χ2v) is 15.6. The summed E-state index contributed by atoms with van der Waals surface area (Å²) in [5.74, 6) is 1.42. The van der Waals surface area contributed by atoms with Crippen molar-refractivity contribution in [2.75, 3.05) is 6.61 Å². The Kier molecular flexibility index (Phi) is 9.40. The third-order valence-corrected chi connectivity index (χ3v) is 15.1. The monoisotopic (exact) mass is 393 g/mol. The molecule has 1 heterocycles. The van der Waals surface area contributed by atoms with Crippen LogP contribution in [0.3, 0.4) is 0 Å². The standard InChI is InChI=1S/C22H39NOSSi/c1-9-11-12-19(10-2)14-24-21-15-25-22(20(21)13-23)26(16(3)4,17(5)6)18(7)8/h15-19H,9-12,14H2,1-8H3. The van der Waals surface area contributed by atoms with Crippen molar-refractivity contribution in [1.82, 2.24) is 0 Å². The first kappa shape index (κ1) is 23.2. The summed E-state index contributed by atoms with van der Waals surface area (Å²) >= 11 is 1.78. The molecule has 26 heavy (non-hydrogen) atoms. The molecule has 0 radical (unpaired) electrons. The van der Waals surface area contributed by atoms with Crippen molar-refractivity contribution in [1.29, 1.82) is 5.26 Å². The Hall–Kier alpha value is -0.793. The topological polar surface area (TPSA) is 33.0 Å². The van der Waals surface area contributed by atoms with Crippen LogP contribution < -0.4 is 9.24 Å². The van der Waals surface area contributed by atoms with Gasteiger partial charge in [0, 0.05) is 9.88 Å². The lowest BCUT2D eigenvalue weighted by Crippen LogP contribution is -2.55. The molecule has 0 saturated heterocycles. The van der Waals surface area contributed by atoms with Crippen LogP contribution in [0.25, 0.3) is 0 Å². The maximum absolute atomic E-state index is 9.96. The molecule has 0 bridgehead atoms. The zero-order chi connectivity index (χ0) is 19.9. The number of nitriles is 1. The highest BCUT2D eigenvalue weighted by atomic mass is 32.1. The van der Waals surface area contributed by atoms with Gasteiger partial charge in [-0.25, -0.2) is 0 Å². The Morgan fingerprint density at radius 2 is 1.65 bits per heavy atom. The molecule has 0 aliphatic heterocycles. The van der Waals surface area contributed by atoms with Crippen LogP contribution in [0.5, 0.6) is 5.75 Å². The lowest BCUT2D eigenvalue weighted by atomic mass is 10.0. The highest BCUT2D eigenvalue weighted by molar-refractivity contribution is 7.27. The zero-order valence-corrected chi connectivity index (χ0v) is 20.0. The molecule has 0 aliphatic carbocycles. The quantitative estimate of drug-likeness (QED) is 0.375. The lowest BCUT2D eigenvalue weighted by Gasteiger charge is -2.42. The normalized spacial score (nSPS) is 13.5. The van der Waals surface area contributed by atoms with Gasteiger partial charge >= 0.3 is 0 Å². The summed E-state index contributed by atoms with van der Waals surface area (Å²) in [6.07, 6.45) is 4.84. The smallest absolute Gasteiger partial charge is 0.147 e. The first-order chi connectivity index (χ1) is 12.3. The van der Waals surface area contributed by atoms with E-state index in [9.17, 15) is 5.26 Å². The van der Waals surface area contributed by atoms with E-state index in [2.05, 4.69) is 66.8 Å². The van der Waals surface area contributed by atoms with Crippen LogP contribution in [0, 0.1) is 17.2 Å². The van der Waals surface area contributed by atoms with Crippen molar-refractivity contribution in [2.24, 2.45) is 5.92 Å². The third kappa shape index (κ3) is 4.73. The van der Waals surface area contributed by atoms with Gasteiger partial charge in [-0.1, -0.05) is 74.7 Å². The Bertz CT molecular complexity index is 564. The fourth-order valence-corrected chi connectivity index (χ4v) is 14.7. The Morgan fingerprint density at radius 1 is 1.08 bits per heavy atom. The number of hydrogen-bond donors (Lipinski definition) is 0. The molecule has 0 aliphatic rings. The largest absolute Gasteiger partial charge is 0.491 e. The molecule has 0 aromatic carbocycles. The number of nitrogens with zero attached hydrogens (tertiary/aromatic N) is 1. The minimum absolute atomic E-state index is 0.590. The van der Waals surface area contributed by atoms with Gasteiger partial charge in [0.15, 0.2) is 0 Å². The van der Waals surface area contributed by atoms with Crippen molar-refractivity contribution in [2.45, 2.75) is 97.7 Å².